The summed E-state index contributed by atoms with van der Waals surface area (Å²) in [7, 11) is 0. The van der Waals surface area contributed by atoms with E-state index in [0.717, 1.165) is 42.9 Å². The highest BCUT2D eigenvalue weighted by Crippen LogP contribution is 2.37. The number of likely N-dealkylation sites (tertiary alicyclic amines) is 1. The molecule has 7 heteroatoms. The van der Waals surface area contributed by atoms with E-state index in [2.05, 4.69) is 10.1 Å². The summed E-state index contributed by atoms with van der Waals surface area (Å²) in [4.78, 5) is 13.4. The normalized spacial score (nSPS) is 17.2. The highest BCUT2D eigenvalue weighted by molar-refractivity contribution is 5.75. The zero-order valence-corrected chi connectivity index (χ0v) is 16.2. The molecule has 1 fully saturated rings. The number of hydrogen-bond donors (Lipinski definition) is 1. The van der Waals surface area contributed by atoms with E-state index in [0.29, 0.717) is 24.1 Å². The fraction of sp³-hybridized carbons (Fsp3) is 0.500. The SMILES string of the molecule is CCOc1cc(CN2CCC[C@@H]2c2c(C)noc2C)ccc1OCC(N)=O. The third kappa shape index (κ3) is 4.42. The first kappa shape index (κ1) is 19.2. The molecule has 1 amide bonds. The van der Waals surface area contributed by atoms with Crippen molar-refractivity contribution in [1.29, 1.82) is 0 Å². The lowest BCUT2D eigenvalue weighted by molar-refractivity contribution is -0.119. The summed E-state index contributed by atoms with van der Waals surface area (Å²) in [6.45, 7) is 8.06. The quantitative estimate of drug-likeness (QED) is 0.765. The fourth-order valence-corrected chi connectivity index (χ4v) is 3.73. The Balaban J connectivity index is 1.78. The predicted octanol–water partition coefficient (Wildman–Crippen LogP) is 2.89. The van der Waals surface area contributed by atoms with Gasteiger partial charge in [-0.1, -0.05) is 11.2 Å². The fourth-order valence-electron chi connectivity index (χ4n) is 3.73. The lowest BCUT2D eigenvalue weighted by Gasteiger charge is -2.25. The Bertz CT molecular complexity index is 783. The standard InChI is InChI=1S/C20H27N3O4/c1-4-25-18-10-15(7-8-17(18)26-12-19(21)24)11-23-9-5-6-16(23)20-13(2)22-27-14(20)3/h7-8,10,16H,4-6,9,11-12H2,1-3H3,(H2,21,24)/t16-/m1/s1. The Labute approximate surface area is 159 Å². The number of benzene rings is 1. The van der Waals surface area contributed by atoms with Gasteiger partial charge in [0.05, 0.1) is 12.3 Å². The Morgan fingerprint density at radius 2 is 2.15 bits per heavy atom. The van der Waals surface area contributed by atoms with E-state index >= 15 is 0 Å². The zero-order valence-electron chi connectivity index (χ0n) is 16.2. The monoisotopic (exact) mass is 373 g/mol. The van der Waals surface area contributed by atoms with Gasteiger partial charge in [0.25, 0.3) is 5.91 Å². The predicted molar refractivity (Wildman–Crippen MR) is 101 cm³/mol. The zero-order chi connectivity index (χ0) is 19.4. The Morgan fingerprint density at radius 1 is 1.33 bits per heavy atom. The number of amides is 1. The number of rotatable bonds is 8. The molecule has 1 aromatic carbocycles. The van der Waals surface area contributed by atoms with Gasteiger partial charge in [0, 0.05) is 18.2 Å². The first-order valence-electron chi connectivity index (χ1n) is 9.33. The maximum atomic E-state index is 11.0. The molecule has 2 aromatic rings. The maximum absolute atomic E-state index is 11.0. The van der Waals surface area contributed by atoms with Crippen molar-refractivity contribution < 1.29 is 18.8 Å². The van der Waals surface area contributed by atoms with Crippen molar-refractivity contribution in [2.45, 2.75) is 46.2 Å². The van der Waals surface area contributed by atoms with Crippen LogP contribution in [0.15, 0.2) is 22.7 Å². The maximum Gasteiger partial charge on any atom is 0.255 e. The lowest BCUT2D eigenvalue weighted by Crippen LogP contribution is -2.23. The molecule has 0 aliphatic carbocycles. The summed E-state index contributed by atoms with van der Waals surface area (Å²) < 4.78 is 16.5. The second kappa shape index (κ2) is 8.43. The number of ether oxygens (including phenoxy) is 2. The molecule has 0 unspecified atom stereocenters. The number of hydrogen-bond acceptors (Lipinski definition) is 6. The minimum atomic E-state index is -0.513. The van der Waals surface area contributed by atoms with Crippen LogP contribution in [0, 0.1) is 13.8 Å². The molecule has 1 saturated heterocycles. The van der Waals surface area contributed by atoms with Gasteiger partial charge >= 0.3 is 0 Å². The molecule has 1 aromatic heterocycles. The Morgan fingerprint density at radius 3 is 2.81 bits per heavy atom. The molecule has 1 aliphatic heterocycles. The van der Waals surface area contributed by atoms with Crippen molar-refractivity contribution in [2.75, 3.05) is 19.8 Å². The van der Waals surface area contributed by atoms with E-state index in [4.69, 9.17) is 19.7 Å². The number of carbonyl (C=O) groups excluding carboxylic acids is 1. The van der Waals surface area contributed by atoms with Crippen molar-refractivity contribution in [2.24, 2.45) is 5.73 Å². The number of aromatic nitrogens is 1. The molecule has 0 bridgehead atoms. The van der Waals surface area contributed by atoms with E-state index in [-0.39, 0.29) is 6.61 Å². The molecule has 2 heterocycles. The summed E-state index contributed by atoms with van der Waals surface area (Å²) in [6, 6.07) is 6.13. The second-order valence-corrected chi connectivity index (χ2v) is 6.84. The van der Waals surface area contributed by atoms with E-state index in [1.165, 1.54) is 5.56 Å². The van der Waals surface area contributed by atoms with Gasteiger partial charge in [0.2, 0.25) is 0 Å². The number of nitrogens with zero attached hydrogens (tertiary/aromatic N) is 2. The van der Waals surface area contributed by atoms with Gasteiger partial charge < -0.3 is 19.7 Å². The topological polar surface area (TPSA) is 90.8 Å². The molecule has 1 atom stereocenters. The highest BCUT2D eigenvalue weighted by atomic mass is 16.5. The average molecular weight is 373 g/mol. The highest BCUT2D eigenvalue weighted by Gasteiger charge is 2.30. The Kier molecular flexibility index (Phi) is 6.01. The van der Waals surface area contributed by atoms with Crippen molar-refractivity contribution in [3.63, 3.8) is 0 Å². The summed E-state index contributed by atoms with van der Waals surface area (Å²) in [5.41, 5.74) is 8.47. The van der Waals surface area contributed by atoms with E-state index in [1.807, 2.05) is 39.0 Å². The first-order chi connectivity index (χ1) is 13.0. The summed E-state index contributed by atoms with van der Waals surface area (Å²) in [6.07, 6.45) is 2.24. The van der Waals surface area contributed by atoms with Crippen molar-refractivity contribution in [3.8, 4) is 11.5 Å². The molecule has 0 saturated carbocycles. The number of aryl methyl sites for hydroxylation is 2. The van der Waals surface area contributed by atoms with Crippen LogP contribution in [-0.2, 0) is 11.3 Å². The summed E-state index contributed by atoms with van der Waals surface area (Å²) >= 11 is 0. The van der Waals surface area contributed by atoms with Crippen LogP contribution in [-0.4, -0.2) is 35.7 Å². The van der Waals surface area contributed by atoms with Crippen LogP contribution in [0.2, 0.25) is 0 Å². The third-order valence-corrected chi connectivity index (χ3v) is 4.85. The third-order valence-electron chi connectivity index (χ3n) is 4.85. The molecule has 27 heavy (non-hydrogen) atoms. The van der Waals surface area contributed by atoms with Crippen molar-refractivity contribution in [3.05, 3.63) is 40.8 Å². The molecule has 3 rings (SSSR count). The molecule has 7 nitrogen and oxygen atoms in total. The summed E-state index contributed by atoms with van der Waals surface area (Å²) in [5, 5.41) is 4.11. The van der Waals surface area contributed by atoms with Crippen LogP contribution >= 0.6 is 0 Å². The first-order valence-corrected chi connectivity index (χ1v) is 9.33. The Hall–Kier alpha value is -2.54. The minimum Gasteiger partial charge on any atom is -0.490 e. The smallest absolute Gasteiger partial charge is 0.255 e. The van der Waals surface area contributed by atoms with Gasteiger partial charge in [0.15, 0.2) is 18.1 Å². The second-order valence-electron chi connectivity index (χ2n) is 6.84. The van der Waals surface area contributed by atoms with Crippen LogP contribution in [0.4, 0.5) is 0 Å². The van der Waals surface area contributed by atoms with E-state index in [9.17, 15) is 4.79 Å². The molecule has 0 spiro atoms. The summed E-state index contributed by atoms with van der Waals surface area (Å²) in [5.74, 6) is 1.54. The number of nitrogens with two attached hydrogens (primary N) is 1. The van der Waals surface area contributed by atoms with Gasteiger partial charge in [-0.15, -0.1) is 0 Å². The largest absolute Gasteiger partial charge is 0.490 e. The van der Waals surface area contributed by atoms with Crippen LogP contribution in [0.1, 0.15) is 48.4 Å². The van der Waals surface area contributed by atoms with Crippen LogP contribution in [0.5, 0.6) is 11.5 Å². The van der Waals surface area contributed by atoms with Gasteiger partial charge in [-0.2, -0.15) is 0 Å². The molecule has 146 valence electrons. The number of primary amides is 1. The molecular formula is C20H27N3O4. The van der Waals surface area contributed by atoms with Gasteiger partial charge in [-0.25, -0.2) is 0 Å². The van der Waals surface area contributed by atoms with Crippen molar-refractivity contribution >= 4 is 5.91 Å². The molecule has 2 N–H and O–H groups in total. The lowest BCUT2D eigenvalue weighted by atomic mass is 10.0. The van der Waals surface area contributed by atoms with Gasteiger partial charge in [0.1, 0.15) is 5.76 Å². The van der Waals surface area contributed by atoms with E-state index in [1.54, 1.807) is 0 Å². The molecule has 1 aliphatic rings. The molecule has 0 radical (unpaired) electrons. The van der Waals surface area contributed by atoms with E-state index < -0.39 is 5.91 Å². The van der Waals surface area contributed by atoms with Crippen LogP contribution < -0.4 is 15.2 Å². The van der Waals surface area contributed by atoms with Crippen molar-refractivity contribution in [1.82, 2.24) is 10.1 Å². The number of carbonyl (C=O) groups is 1. The minimum absolute atomic E-state index is 0.167. The molecular weight excluding hydrogens is 346 g/mol. The van der Waals surface area contributed by atoms with Crippen LogP contribution in [0.3, 0.4) is 0 Å². The van der Waals surface area contributed by atoms with Gasteiger partial charge in [-0.3, -0.25) is 9.69 Å². The van der Waals surface area contributed by atoms with Crippen LogP contribution in [0.25, 0.3) is 0 Å². The average Bonchev–Trinajstić information content (AvgIpc) is 3.20. The van der Waals surface area contributed by atoms with Gasteiger partial charge in [-0.05, 0) is 57.9 Å².